The predicted octanol–water partition coefficient (Wildman–Crippen LogP) is 1.06. The van der Waals surface area contributed by atoms with Crippen molar-refractivity contribution in [3.63, 3.8) is 0 Å². The first-order valence-corrected chi connectivity index (χ1v) is 5.88. The Morgan fingerprint density at radius 1 is 1.56 bits per heavy atom. The van der Waals surface area contributed by atoms with Gasteiger partial charge in [-0.3, -0.25) is 4.79 Å². The lowest BCUT2D eigenvalue weighted by atomic mass is 9.99. The molecule has 2 rings (SSSR count). The van der Waals surface area contributed by atoms with Gasteiger partial charge in [-0.15, -0.1) is 0 Å². The lowest BCUT2D eigenvalue weighted by Gasteiger charge is -2.21. The summed E-state index contributed by atoms with van der Waals surface area (Å²) in [5, 5.41) is 2.82. The van der Waals surface area contributed by atoms with Crippen LogP contribution >= 0.6 is 0 Å². The van der Waals surface area contributed by atoms with Crippen LogP contribution in [0.25, 0.3) is 0 Å². The van der Waals surface area contributed by atoms with Crippen LogP contribution in [-0.2, 0) is 9.53 Å². The number of ether oxygens (including phenoxy) is 2. The molecule has 0 spiro atoms. The highest BCUT2D eigenvalue weighted by molar-refractivity contribution is 5.99. The molecule has 1 unspecified atom stereocenters. The Bertz CT molecular complexity index is 454. The summed E-state index contributed by atoms with van der Waals surface area (Å²) in [5.74, 6) is 0.389. The number of anilines is 1. The minimum Gasteiger partial charge on any atom is -0.495 e. The van der Waals surface area contributed by atoms with Gasteiger partial charge >= 0.3 is 0 Å². The van der Waals surface area contributed by atoms with Crippen LogP contribution in [0.5, 0.6) is 5.75 Å². The maximum Gasteiger partial charge on any atom is 0.247 e. The third-order valence-corrected chi connectivity index (χ3v) is 3.11. The molecule has 1 aromatic rings. The van der Waals surface area contributed by atoms with E-state index in [1.807, 2.05) is 25.1 Å². The van der Waals surface area contributed by atoms with E-state index in [0.29, 0.717) is 24.5 Å². The lowest BCUT2D eigenvalue weighted by molar-refractivity contribution is -0.121. The van der Waals surface area contributed by atoms with Crippen LogP contribution in [0.4, 0.5) is 5.69 Å². The van der Waals surface area contributed by atoms with Crippen molar-refractivity contribution in [1.82, 2.24) is 0 Å². The first-order chi connectivity index (χ1) is 8.55. The summed E-state index contributed by atoms with van der Waals surface area (Å²) < 4.78 is 10.4. The van der Waals surface area contributed by atoms with Gasteiger partial charge in [0.2, 0.25) is 5.91 Å². The summed E-state index contributed by atoms with van der Waals surface area (Å²) in [6.45, 7) is 2.73. The highest BCUT2D eigenvalue weighted by Crippen LogP contribution is 2.27. The number of carbonyl (C=O) groups excluding carboxylic acids is 1. The van der Waals surface area contributed by atoms with E-state index in [1.165, 1.54) is 0 Å². The molecule has 0 radical (unpaired) electrons. The zero-order chi connectivity index (χ0) is 13.2. The number of carbonyl (C=O) groups is 1. The minimum atomic E-state index is -0.936. The van der Waals surface area contributed by atoms with Crippen LogP contribution in [0.2, 0.25) is 0 Å². The maximum atomic E-state index is 12.1. The van der Waals surface area contributed by atoms with Gasteiger partial charge < -0.3 is 20.5 Å². The molecule has 1 saturated heterocycles. The van der Waals surface area contributed by atoms with Crippen molar-refractivity contribution in [3.05, 3.63) is 23.8 Å². The molecule has 0 bridgehead atoms. The van der Waals surface area contributed by atoms with Crippen LogP contribution < -0.4 is 15.8 Å². The smallest absolute Gasteiger partial charge is 0.247 e. The van der Waals surface area contributed by atoms with Gasteiger partial charge in [0, 0.05) is 6.61 Å². The molecule has 98 valence electrons. The van der Waals surface area contributed by atoms with E-state index in [1.54, 1.807) is 7.11 Å². The van der Waals surface area contributed by atoms with Crippen LogP contribution in [0.3, 0.4) is 0 Å². The fourth-order valence-corrected chi connectivity index (χ4v) is 1.93. The molecule has 1 amide bonds. The number of amides is 1. The van der Waals surface area contributed by atoms with Crippen LogP contribution in [0, 0.1) is 6.92 Å². The third-order valence-electron chi connectivity index (χ3n) is 3.11. The van der Waals surface area contributed by atoms with Gasteiger partial charge in [0.15, 0.2) is 0 Å². The summed E-state index contributed by atoms with van der Waals surface area (Å²) in [7, 11) is 1.57. The second kappa shape index (κ2) is 4.96. The number of hydrogen-bond acceptors (Lipinski definition) is 4. The first kappa shape index (κ1) is 12.9. The van der Waals surface area contributed by atoms with E-state index in [-0.39, 0.29) is 12.5 Å². The van der Waals surface area contributed by atoms with Crippen LogP contribution in [-0.4, -0.2) is 31.8 Å². The molecular weight excluding hydrogens is 232 g/mol. The molecule has 1 aromatic carbocycles. The monoisotopic (exact) mass is 250 g/mol. The summed E-state index contributed by atoms with van der Waals surface area (Å²) in [4.78, 5) is 12.1. The predicted molar refractivity (Wildman–Crippen MR) is 68.7 cm³/mol. The molecule has 1 heterocycles. The van der Waals surface area contributed by atoms with E-state index >= 15 is 0 Å². The van der Waals surface area contributed by atoms with E-state index in [4.69, 9.17) is 15.2 Å². The zero-order valence-corrected chi connectivity index (χ0v) is 10.7. The first-order valence-electron chi connectivity index (χ1n) is 5.88. The van der Waals surface area contributed by atoms with E-state index in [0.717, 1.165) is 5.56 Å². The standard InChI is InChI=1S/C13H18N2O3/c1-9-3-4-11(17-2)10(7-9)15-12(16)13(14)5-6-18-8-13/h3-4,7H,5-6,8,14H2,1-2H3,(H,15,16). The molecule has 0 aromatic heterocycles. The zero-order valence-electron chi connectivity index (χ0n) is 10.7. The fraction of sp³-hybridized carbons (Fsp3) is 0.462. The molecule has 18 heavy (non-hydrogen) atoms. The van der Waals surface area contributed by atoms with Crippen LogP contribution in [0.1, 0.15) is 12.0 Å². The third kappa shape index (κ3) is 2.47. The average molecular weight is 250 g/mol. The van der Waals surface area contributed by atoms with Gasteiger partial charge in [-0.05, 0) is 31.0 Å². The number of benzene rings is 1. The summed E-state index contributed by atoms with van der Waals surface area (Å²) >= 11 is 0. The van der Waals surface area contributed by atoms with Gasteiger partial charge in [-0.2, -0.15) is 0 Å². The fourth-order valence-electron chi connectivity index (χ4n) is 1.93. The number of rotatable bonds is 3. The van der Waals surface area contributed by atoms with Gasteiger partial charge in [-0.25, -0.2) is 0 Å². The van der Waals surface area contributed by atoms with E-state index in [2.05, 4.69) is 5.32 Å². The molecule has 1 aliphatic heterocycles. The normalized spacial score (nSPS) is 22.8. The Labute approximate surface area is 106 Å². The van der Waals surface area contributed by atoms with Gasteiger partial charge in [-0.1, -0.05) is 6.07 Å². The quantitative estimate of drug-likeness (QED) is 0.841. The van der Waals surface area contributed by atoms with Gasteiger partial charge in [0.1, 0.15) is 11.3 Å². The number of nitrogens with two attached hydrogens (primary N) is 1. The molecule has 0 aliphatic carbocycles. The van der Waals surface area contributed by atoms with Crippen molar-refractivity contribution < 1.29 is 14.3 Å². The van der Waals surface area contributed by atoms with Crippen molar-refractivity contribution in [2.75, 3.05) is 25.6 Å². The number of hydrogen-bond donors (Lipinski definition) is 2. The molecule has 5 heteroatoms. The average Bonchev–Trinajstić information content (AvgIpc) is 2.78. The van der Waals surface area contributed by atoms with Crippen molar-refractivity contribution in [2.24, 2.45) is 5.73 Å². The van der Waals surface area contributed by atoms with E-state index in [9.17, 15) is 4.79 Å². The van der Waals surface area contributed by atoms with E-state index < -0.39 is 5.54 Å². The van der Waals surface area contributed by atoms with Crippen molar-refractivity contribution in [3.8, 4) is 5.75 Å². The lowest BCUT2D eigenvalue weighted by Crippen LogP contribution is -2.51. The largest absolute Gasteiger partial charge is 0.495 e. The molecule has 1 atom stereocenters. The number of methoxy groups -OCH3 is 1. The summed E-state index contributed by atoms with van der Waals surface area (Å²) in [6.07, 6.45) is 0.535. The topological polar surface area (TPSA) is 73.6 Å². The summed E-state index contributed by atoms with van der Waals surface area (Å²) in [6, 6.07) is 5.60. The molecule has 5 nitrogen and oxygen atoms in total. The SMILES string of the molecule is COc1ccc(C)cc1NC(=O)C1(N)CCOC1. The van der Waals surface area contributed by atoms with Crippen molar-refractivity contribution in [1.29, 1.82) is 0 Å². The Hall–Kier alpha value is -1.59. The Balaban J connectivity index is 2.18. The molecule has 1 fully saturated rings. The molecule has 3 N–H and O–H groups in total. The highest BCUT2D eigenvalue weighted by atomic mass is 16.5. The Morgan fingerprint density at radius 2 is 2.33 bits per heavy atom. The maximum absolute atomic E-state index is 12.1. The minimum absolute atomic E-state index is 0.232. The Morgan fingerprint density at radius 3 is 2.94 bits per heavy atom. The second-order valence-corrected chi connectivity index (χ2v) is 4.62. The van der Waals surface area contributed by atoms with Crippen molar-refractivity contribution in [2.45, 2.75) is 18.9 Å². The summed E-state index contributed by atoms with van der Waals surface area (Å²) in [5.41, 5.74) is 6.75. The second-order valence-electron chi connectivity index (χ2n) is 4.62. The van der Waals surface area contributed by atoms with Crippen molar-refractivity contribution >= 4 is 11.6 Å². The molecular formula is C13H18N2O3. The number of nitrogens with one attached hydrogen (secondary N) is 1. The number of aryl methyl sites for hydroxylation is 1. The molecule has 1 aliphatic rings. The van der Waals surface area contributed by atoms with Crippen LogP contribution in [0.15, 0.2) is 18.2 Å². The molecule has 0 saturated carbocycles. The highest BCUT2D eigenvalue weighted by Gasteiger charge is 2.38. The Kier molecular flexibility index (Phi) is 3.54. The van der Waals surface area contributed by atoms with Gasteiger partial charge in [0.25, 0.3) is 0 Å². The van der Waals surface area contributed by atoms with Gasteiger partial charge in [0.05, 0.1) is 19.4 Å².